The van der Waals surface area contributed by atoms with Crippen LogP contribution in [0.3, 0.4) is 0 Å². The maximum atomic E-state index is 12.2. The number of carbonyl (C=O) groups excluding carboxylic acids is 1. The van der Waals surface area contributed by atoms with Gasteiger partial charge in [-0.1, -0.05) is 0 Å². The van der Waals surface area contributed by atoms with E-state index in [2.05, 4.69) is 9.47 Å². The van der Waals surface area contributed by atoms with Crippen molar-refractivity contribution in [3.05, 3.63) is 0 Å². The largest absolute Gasteiger partial charge is 0.508 e. The van der Waals surface area contributed by atoms with Gasteiger partial charge in [-0.3, -0.25) is 0 Å². The van der Waals surface area contributed by atoms with Crippen LogP contribution >= 0.6 is 0 Å². The van der Waals surface area contributed by atoms with Gasteiger partial charge in [0.05, 0.1) is 13.2 Å². The molecule has 5 heteroatoms. The first-order valence-electron chi connectivity index (χ1n) is 4.60. The molecule has 0 N–H and O–H groups in total. The molecule has 0 aliphatic rings. The average molecular weight is 210 g/mol. The highest BCUT2D eigenvalue weighted by atomic mass is 19.1. The van der Waals surface area contributed by atoms with Gasteiger partial charge < -0.3 is 9.47 Å². The van der Waals surface area contributed by atoms with Crippen molar-refractivity contribution in [2.75, 3.05) is 13.2 Å². The number of halogens is 2. The monoisotopic (exact) mass is 210 g/mol. The van der Waals surface area contributed by atoms with Crippen molar-refractivity contribution < 1.29 is 23.0 Å². The first kappa shape index (κ1) is 13.1. The standard InChI is InChI=1S/C9H16F2O3/c1-7(10)3-5-13-9(12)14-6-4-8(2)11/h7-8H,3-6H2,1-2H3. The first-order valence-corrected chi connectivity index (χ1v) is 4.60. The van der Waals surface area contributed by atoms with Crippen molar-refractivity contribution in [2.45, 2.75) is 39.0 Å². The van der Waals surface area contributed by atoms with Crippen LogP contribution in [-0.2, 0) is 9.47 Å². The minimum absolute atomic E-state index is 0.0122. The average Bonchev–Trinajstić information content (AvgIpc) is 2.02. The zero-order valence-electron chi connectivity index (χ0n) is 8.46. The quantitative estimate of drug-likeness (QED) is 0.632. The Morgan fingerprint density at radius 2 is 1.43 bits per heavy atom. The summed E-state index contributed by atoms with van der Waals surface area (Å²) < 4.78 is 33.5. The molecule has 0 saturated carbocycles. The number of alkyl halides is 2. The van der Waals surface area contributed by atoms with Crippen LogP contribution < -0.4 is 0 Å². The SMILES string of the molecule is CC(F)CCOC(=O)OCCC(C)F. The predicted octanol–water partition coefficient (Wildman–Crippen LogP) is 2.64. The molecule has 0 aliphatic carbocycles. The minimum atomic E-state index is -1.01. The van der Waals surface area contributed by atoms with Gasteiger partial charge in [-0.25, -0.2) is 13.6 Å². The number of rotatable bonds is 6. The van der Waals surface area contributed by atoms with E-state index in [9.17, 15) is 13.6 Å². The van der Waals surface area contributed by atoms with E-state index in [1.807, 2.05) is 0 Å². The highest BCUT2D eigenvalue weighted by molar-refractivity contribution is 5.59. The fourth-order valence-electron chi connectivity index (χ4n) is 0.651. The van der Waals surface area contributed by atoms with E-state index >= 15 is 0 Å². The van der Waals surface area contributed by atoms with Crippen LogP contribution in [0.4, 0.5) is 13.6 Å². The molecule has 3 nitrogen and oxygen atoms in total. The molecular formula is C9H16F2O3. The summed E-state index contributed by atoms with van der Waals surface area (Å²) in [5, 5.41) is 0. The molecular weight excluding hydrogens is 194 g/mol. The zero-order valence-corrected chi connectivity index (χ0v) is 8.46. The van der Waals surface area contributed by atoms with Crippen LogP contribution in [0.2, 0.25) is 0 Å². The van der Waals surface area contributed by atoms with Crippen LogP contribution in [0.15, 0.2) is 0 Å². The molecule has 0 saturated heterocycles. The zero-order chi connectivity index (χ0) is 11.0. The molecule has 0 aromatic rings. The predicted molar refractivity (Wildman–Crippen MR) is 47.7 cm³/mol. The van der Waals surface area contributed by atoms with Gasteiger partial charge in [-0.2, -0.15) is 0 Å². The molecule has 0 rings (SSSR count). The second kappa shape index (κ2) is 7.53. The smallest absolute Gasteiger partial charge is 0.434 e. The van der Waals surface area contributed by atoms with Crippen molar-refractivity contribution in [1.29, 1.82) is 0 Å². The molecule has 0 heterocycles. The Labute approximate surface area is 82.4 Å². The summed E-state index contributed by atoms with van der Waals surface area (Å²) in [5.41, 5.74) is 0. The Kier molecular flexibility index (Phi) is 7.06. The van der Waals surface area contributed by atoms with Crippen LogP contribution in [0, 0.1) is 0 Å². The van der Waals surface area contributed by atoms with Crippen molar-refractivity contribution in [3.63, 3.8) is 0 Å². The lowest BCUT2D eigenvalue weighted by atomic mass is 10.3. The van der Waals surface area contributed by atoms with Crippen LogP contribution in [-0.4, -0.2) is 31.7 Å². The van der Waals surface area contributed by atoms with Gasteiger partial charge in [-0.05, 0) is 13.8 Å². The van der Waals surface area contributed by atoms with Crippen molar-refractivity contribution >= 4 is 6.16 Å². The third-order valence-electron chi connectivity index (χ3n) is 1.47. The maximum Gasteiger partial charge on any atom is 0.508 e. The van der Waals surface area contributed by atoms with Crippen molar-refractivity contribution in [2.24, 2.45) is 0 Å². The molecule has 2 unspecified atom stereocenters. The third-order valence-corrected chi connectivity index (χ3v) is 1.47. The lowest BCUT2D eigenvalue weighted by Gasteiger charge is -2.06. The Hall–Kier alpha value is -0.870. The molecule has 14 heavy (non-hydrogen) atoms. The Morgan fingerprint density at radius 1 is 1.07 bits per heavy atom. The van der Waals surface area contributed by atoms with E-state index in [1.54, 1.807) is 0 Å². The summed E-state index contributed by atoms with van der Waals surface area (Å²) >= 11 is 0. The van der Waals surface area contributed by atoms with E-state index in [0.717, 1.165) is 0 Å². The van der Waals surface area contributed by atoms with E-state index in [-0.39, 0.29) is 26.1 Å². The number of ether oxygens (including phenoxy) is 2. The normalized spacial score (nSPS) is 14.6. The van der Waals surface area contributed by atoms with E-state index in [4.69, 9.17) is 0 Å². The summed E-state index contributed by atoms with van der Waals surface area (Å²) in [6.07, 6.45) is -2.59. The summed E-state index contributed by atoms with van der Waals surface area (Å²) in [4.78, 5) is 10.7. The van der Waals surface area contributed by atoms with Gasteiger partial charge in [0, 0.05) is 12.8 Å². The van der Waals surface area contributed by atoms with E-state index in [0.29, 0.717) is 0 Å². The molecule has 0 amide bonds. The highest BCUT2D eigenvalue weighted by Crippen LogP contribution is 1.99. The van der Waals surface area contributed by atoms with Gasteiger partial charge in [-0.15, -0.1) is 0 Å². The summed E-state index contributed by atoms with van der Waals surface area (Å²) in [6, 6.07) is 0. The highest BCUT2D eigenvalue weighted by Gasteiger charge is 2.06. The molecule has 0 fully saturated rings. The van der Waals surface area contributed by atoms with Gasteiger partial charge in [0.1, 0.15) is 12.3 Å². The van der Waals surface area contributed by atoms with E-state index in [1.165, 1.54) is 13.8 Å². The molecule has 2 atom stereocenters. The second-order valence-corrected chi connectivity index (χ2v) is 3.09. The molecule has 0 bridgehead atoms. The number of carbonyl (C=O) groups is 1. The van der Waals surface area contributed by atoms with Crippen LogP contribution in [0.5, 0.6) is 0 Å². The summed E-state index contributed by atoms with van der Waals surface area (Å²) in [6.45, 7) is 2.72. The van der Waals surface area contributed by atoms with Gasteiger partial charge in [0.2, 0.25) is 0 Å². The lowest BCUT2D eigenvalue weighted by Crippen LogP contribution is -2.12. The van der Waals surface area contributed by atoms with E-state index < -0.39 is 18.5 Å². The molecule has 84 valence electrons. The minimum Gasteiger partial charge on any atom is -0.434 e. The maximum absolute atomic E-state index is 12.2. The molecule has 0 radical (unpaired) electrons. The third kappa shape index (κ3) is 9.22. The first-order chi connectivity index (χ1) is 6.52. The van der Waals surface area contributed by atoms with Crippen molar-refractivity contribution in [1.82, 2.24) is 0 Å². The molecule has 0 aliphatic heterocycles. The number of hydrogen-bond donors (Lipinski definition) is 0. The molecule has 0 aromatic heterocycles. The molecule has 0 spiro atoms. The second-order valence-electron chi connectivity index (χ2n) is 3.09. The Bertz CT molecular complexity index is 144. The van der Waals surface area contributed by atoms with Crippen LogP contribution in [0.1, 0.15) is 26.7 Å². The fraction of sp³-hybridized carbons (Fsp3) is 0.889. The topological polar surface area (TPSA) is 35.5 Å². The van der Waals surface area contributed by atoms with Crippen LogP contribution in [0.25, 0.3) is 0 Å². The Balaban J connectivity index is 3.28. The lowest BCUT2D eigenvalue weighted by molar-refractivity contribution is 0.0463. The van der Waals surface area contributed by atoms with Gasteiger partial charge in [0.25, 0.3) is 0 Å². The number of hydrogen-bond acceptors (Lipinski definition) is 3. The summed E-state index contributed by atoms with van der Waals surface area (Å²) in [5.74, 6) is 0. The fourth-order valence-corrected chi connectivity index (χ4v) is 0.651. The summed E-state index contributed by atoms with van der Waals surface area (Å²) in [7, 11) is 0. The molecule has 0 aromatic carbocycles. The Morgan fingerprint density at radius 3 is 1.71 bits per heavy atom. The van der Waals surface area contributed by atoms with Gasteiger partial charge in [0.15, 0.2) is 0 Å². The van der Waals surface area contributed by atoms with Crippen molar-refractivity contribution in [3.8, 4) is 0 Å². The van der Waals surface area contributed by atoms with Gasteiger partial charge >= 0.3 is 6.16 Å².